The third kappa shape index (κ3) is 3.61. The number of furan rings is 1. The molecule has 3 aromatic rings. The predicted molar refractivity (Wildman–Crippen MR) is 105 cm³/mol. The van der Waals surface area contributed by atoms with Crippen LogP contribution in [0.1, 0.15) is 27.2 Å². The molecule has 128 valence electrons. The molecule has 0 aliphatic rings. The van der Waals surface area contributed by atoms with Gasteiger partial charge in [0.25, 0.3) is 5.91 Å². The molecule has 5 heteroatoms. The number of hydrogen-bond acceptors (Lipinski definition) is 3. The van der Waals surface area contributed by atoms with E-state index in [2.05, 4.69) is 21.2 Å². The van der Waals surface area contributed by atoms with Crippen LogP contribution in [0, 0.1) is 20.8 Å². The fourth-order valence-corrected chi connectivity index (χ4v) is 3.01. The number of nitrogens with two attached hydrogens (primary N) is 1. The maximum atomic E-state index is 12.5. The van der Waals surface area contributed by atoms with Gasteiger partial charge in [-0.15, -0.1) is 0 Å². The normalized spacial score (nSPS) is 10.7. The second-order valence-electron chi connectivity index (χ2n) is 6.13. The number of halogens is 1. The summed E-state index contributed by atoms with van der Waals surface area (Å²) in [5, 5.41) is 2.84. The number of carbonyl (C=O) groups excluding carboxylic acids is 1. The van der Waals surface area contributed by atoms with Crippen molar-refractivity contribution in [3.8, 4) is 11.3 Å². The average molecular weight is 399 g/mol. The van der Waals surface area contributed by atoms with Crippen LogP contribution < -0.4 is 11.1 Å². The van der Waals surface area contributed by atoms with Crippen LogP contribution in [-0.2, 0) is 0 Å². The highest BCUT2D eigenvalue weighted by Crippen LogP contribution is 2.28. The Morgan fingerprint density at radius 3 is 2.48 bits per heavy atom. The molecule has 0 unspecified atom stereocenters. The molecule has 2 aromatic carbocycles. The quantitative estimate of drug-likeness (QED) is 0.574. The molecule has 1 amide bonds. The Bertz CT molecular complexity index is 937. The van der Waals surface area contributed by atoms with Crippen LogP contribution in [0.3, 0.4) is 0 Å². The Kier molecular flexibility index (Phi) is 4.68. The zero-order chi connectivity index (χ0) is 18.1. The minimum Gasteiger partial charge on any atom is -0.451 e. The van der Waals surface area contributed by atoms with E-state index in [4.69, 9.17) is 10.2 Å². The third-order valence-electron chi connectivity index (χ3n) is 4.02. The van der Waals surface area contributed by atoms with E-state index in [1.165, 1.54) is 0 Å². The molecule has 0 saturated heterocycles. The summed E-state index contributed by atoms with van der Waals surface area (Å²) >= 11 is 3.48. The molecule has 0 radical (unpaired) electrons. The van der Waals surface area contributed by atoms with Crippen LogP contribution in [0.5, 0.6) is 0 Å². The Morgan fingerprint density at radius 2 is 1.80 bits per heavy atom. The summed E-state index contributed by atoms with van der Waals surface area (Å²) in [6.07, 6.45) is 0. The molecule has 0 bridgehead atoms. The highest BCUT2D eigenvalue weighted by Gasteiger charge is 2.15. The Balaban J connectivity index is 1.85. The van der Waals surface area contributed by atoms with Crippen molar-refractivity contribution in [2.75, 3.05) is 11.1 Å². The van der Waals surface area contributed by atoms with Crippen molar-refractivity contribution < 1.29 is 9.21 Å². The molecule has 4 nitrogen and oxygen atoms in total. The lowest BCUT2D eigenvalue weighted by molar-refractivity contribution is 0.0997. The van der Waals surface area contributed by atoms with E-state index in [1.807, 2.05) is 51.1 Å². The lowest BCUT2D eigenvalue weighted by atomic mass is 10.1. The van der Waals surface area contributed by atoms with Crippen LogP contribution in [0.15, 0.2) is 51.4 Å². The van der Waals surface area contributed by atoms with E-state index in [1.54, 1.807) is 12.1 Å². The third-order valence-corrected chi connectivity index (χ3v) is 4.91. The van der Waals surface area contributed by atoms with E-state index >= 15 is 0 Å². The first-order chi connectivity index (χ1) is 11.8. The number of amides is 1. The number of carbonyl (C=O) groups is 1. The lowest BCUT2D eigenvalue weighted by Crippen LogP contribution is -2.13. The van der Waals surface area contributed by atoms with E-state index in [0.29, 0.717) is 17.1 Å². The van der Waals surface area contributed by atoms with E-state index in [-0.39, 0.29) is 11.7 Å². The summed E-state index contributed by atoms with van der Waals surface area (Å²) < 4.78 is 6.77. The van der Waals surface area contributed by atoms with Gasteiger partial charge < -0.3 is 15.5 Å². The fraction of sp³-hybridized carbons (Fsp3) is 0.150. The Labute approximate surface area is 155 Å². The van der Waals surface area contributed by atoms with Crippen molar-refractivity contribution in [2.45, 2.75) is 20.8 Å². The monoisotopic (exact) mass is 398 g/mol. The van der Waals surface area contributed by atoms with E-state index in [9.17, 15) is 4.79 Å². The largest absolute Gasteiger partial charge is 0.451 e. The second kappa shape index (κ2) is 6.76. The molecule has 0 spiro atoms. The number of aryl methyl sites for hydroxylation is 3. The second-order valence-corrected chi connectivity index (χ2v) is 6.98. The van der Waals surface area contributed by atoms with Crippen LogP contribution >= 0.6 is 15.9 Å². The Hall–Kier alpha value is -2.53. The molecule has 3 rings (SSSR count). The topological polar surface area (TPSA) is 68.3 Å². The maximum Gasteiger partial charge on any atom is 0.291 e. The van der Waals surface area contributed by atoms with Crippen molar-refractivity contribution in [1.82, 2.24) is 0 Å². The molecule has 0 aliphatic carbocycles. The standard InChI is InChI=1S/C20H19BrN2O2/c1-11-8-13(3)19(16(22)9-11)23-20(24)18-7-6-17(25-18)14-4-5-15(21)12(2)10-14/h4-10H,22H2,1-3H3,(H,23,24). The number of nitrogens with one attached hydrogen (secondary N) is 1. The highest BCUT2D eigenvalue weighted by molar-refractivity contribution is 9.10. The van der Waals surface area contributed by atoms with E-state index in [0.717, 1.165) is 26.7 Å². The SMILES string of the molecule is Cc1cc(C)c(NC(=O)c2ccc(-c3ccc(Br)c(C)c3)o2)c(N)c1. The van der Waals surface area contributed by atoms with Gasteiger partial charge in [0.05, 0.1) is 11.4 Å². The fourth-order valence-electron chi connectivity index (χ4n) is 2.76. The van der Waals surface area contributed by atoms with Crippen molar-refractivity contribution in [3.63, 3.8) is 0 Å². The van der Waals surface area contributed by atoms with Gasteiger partial charge in [0, 0.05) is 10.0 Å². The first-order valence-electron chi connectivity index (χ1n) is 7.89. The van der Waals surface area contributed by atoms with Crippen molar-refractivity contribution in [2.24, 2.45) is 0 Å². The van der Waals surface area contributed by atoms with Gasteiger partial charge in [-0.05, 0) is 67.8 Å². The minimum absolute atomic E-state index is 0.245. The lowest BCUT2D eigenvalue weighted by Gasteiger charge is -2.11. The van der Waals surface area contributed by atoms with Crippen LogP contribution in [0.25, 0.3) is 11.3 Å². The first-order valence-corrected chi connectivity index (χ1v) is 8.69. The zero-order valence-electron chi connectivity index (χ0n) is 14.3. The highest BCUT2D eigenvalue weighted by atomic mass is 79.9. The molecule has 1 aromatic heterocycles. The smallest absolute Gasteiger partial charge is 0.291 e. The zero-order valence-corrected chi connectivity index (χ0v) is 15.9. The summed E-state index contributed by atoms with van der Waals surface area (Å²) in [7, 11) is 0. The van der Waals surface area contributed by atoms with Crippen LogP contribution in [0.4, 0.5) is 11.4 Å². The van der Waals surface area contributed by atoms with Gasteiger partial charge in [-0.1, -0.05) is 28.1 Å². The van der Waals surface area contributed by atoms with Gasteiger partial charge in [-0.3, -0.25) is 4.79 Å². The maximum absolute atomic E-state index is 12.5. The predicted octanol–water partition coefficient (Wildman–Crippen LogP) is 5.47. The van der Waals surface area contributed by atoms with Gasteiger partial charge in [0.1, 0.15) is 5.76 Å². The number of rotatable bonds is 3. The Morgan fingerprint density at radius 1 is 1.04 bits per heavy atom. The molecule has 3 N–H and O–H groups in total. The van der Waals surface area contributed by atoms with Gasteiger partial charge in [0.15, 0.2) is 5.76 Å². The molecular weight excluding hydrogens is 380 g/mol. The number of anilines is 2. The molecule has 25 heavy (non-hydrogen) atoms. The summed E-state index contributed by atoms with van der Waals surface area (Å²) in [6.45, 7) is 5.89. The van der Waals surface area contributed by atoms with E-state index < -0.39 is 0 Å². The molecular formula is C20H19BrN2O2. The van der Waals surface area contributed by atoms with Crippen molar-refractivity contribution in [3.05, 3.63) is 69.4 Å². The molecule has 0 aliphatic heterocycles. The van der Waals surface area contributed by atoms with Crippen molar-refractivity contribution in [1.29, 1.82) is 0 Å². The van der Waals surface area contributed by atoms with Gasteiger partial charge in [-0.25, -0.2) is 0 Å². The summed E-state index contributed by atoms with van der Waals surface area (Å²) in [5.74, 6) is 0.572. The molecule has 0 atom stereocenters. The van der Waals surface area contributed by atoms with Gasteiger partial charge >= 0.3 is 0 Å². The summed E-state index contributed by atoms with van der Waals surface area (Å²) in [6, 6.07) is 13.2. The van der Waals surface area contributed by atoms with Gasteiger partial charge in [-0.2, -0.15) is 0 Å². The molecule has 1 heterocycles. The number of hydrogen-bond donors (Lipinski definition) is 2. The van der Waals surface area contributed by atoms with Crippen LogP contribution in [-0.4, -0.2) is 5.91 Å². The van der Waals surface area contributed by atoms with Crippen molar-refractivity contribution >= 4 is 33.2 Å². The average Bonchev–Trinajstić information content (AvgIpc) is 3.03. The number of benzene rings is 2. The van der Waals surface area contributed by atoms with Gasteiger partial charge in [0.2, 0.25) is 0 Å². The minimum atomic E-state index is -0.321. The summed E-state index contributed by atoms with van der Waals surface area (Å²) in [4.78, 5) is 12.5. The van der Waals surface area contributed by atoms with Crippen LogP contribution in [0.2, 0.25) is 0 Å². The number of nitrogen functional groups attached to an aromatic ring is 1. The molecule has 0 saturated carbocycles. The first kappa shape index (κ1) is 17.3. The molecule has 0 fully saturated rings. The summed E-state index contributed by atoms with van der Waals surface area (Å²) in [5.41, 5.74) is 11.2.